The zero-order valence-electron chi connectivity index (χ0n) is 17.4. The van der Waals surface area contributed by atoms with Crippen LogP contribution in [0.15, 0.2) is 5.38 Å². The summed E-state index contributed by atoms with van der Waals surface area (Å²) in [7, 11) is -0.442. The van der Waals surface area contributed by atoms with E-state index in [1.165, 1.54) is 0 Å². The van der Waals surface area contributed by atoms with Gasteiger partial charge in [-0.05, 0) is 48.5 Å². The van der Waals surface area contributed by atoms with Gasteiger partial charge >= 0.3 is 13.2 Å². The molecule has 0 aliphatic carbocycles. The second-order valence-electron chi connectivity index (χ2n) is 9.10. The van der Waals surface area contributed by atoms with E-state index in [-0.39, 0.29) is 17.3 Å². The van der Waals surface area contributed by atoms with Crippen molar-refractivity contribution < 1.29 is 18.8 Å². The average Bonchev–Trinajstić information content (AvgIpc) is 3.09. The van der Waals surface area contributed by atoms with E-state index in [2.05, 4.69) is 4.90 Å². The van der Waals surface area contributed by atoms with Crippen molar-refractivity contribution in [2.75, 3.05) is 31.1 Å². The molecular weight excluding hydrogens is 365 g/mol. The zero-order valence-corrected chi connectivity index (χ0v) is 18.2. The van der Waals surface area contributed by atoms with Crippen LogP contribution in [0.5, 0.6) is 0 Å². The Kier molecular flexibility index (Phi) is 5.25. The quantitative estimate of drug-likeness (QED) is 0.717. The molecule has 2 fully saturated rings. The summed E-state index contributed by atoms with van der Waals surface area (Å²) >= 11 is 1.58. The Hall–Kier alpha value is -1.32. The molecule has 0 aromatic carbocycles. The SMILES string of the molecule is CC(C)(C)OC(=O)N1CCN(c2nc(B3OC(C)(C)C(C)(C)O3)cs2)CC1. The standard InChI is InChI=1S/C18H30BN3O4S/c1-16(2,3)24-15(23)22-10-8-21(9-11-22)14-20-13(12-27-14)19-25-17(4,5)18(6,7)26-19/h12H,8-11H2,1-7H3. The Morgan fingerprint density at radius 3 is 2.22 bits per heavy atom. The van der Waals surface area contributed by atoms with Gasteiger partial charge in [0, 0.05) is 31.6 Å². The lowest BCUT2D eigenvalue weighted by molar-refractivity contribution is 0.00578. The highest BCUT2D eigenvalue weighted by molar-refractivity contribution is 7.14. The average molecular weight is 395 g/mol. The van der Waals surface area contributed by atoms with E-state index in [1.54, 1.807) is 16.2 Å². The fourth-order valence-corrected chi connectivity index (χ4v) is 3.78. The summed E-state index contributed by atoms with van der Waals surface area (Å²) in [5.74, 6) is 0. The molecular formula is C18H30BN3O4S. The molecule has 2 saturated heterocycles. The third kappa shape index (κ3) is 4.41. The molecule has 0 bridgehead atoms. The Morgan fingerprint density at radius 2 is 1.70 bits per heavy atom. The number of nitrogens with zero attached hydrogens (tertiary/aromatic N) is 3. The van der Waals surface area contributed by atoms with Crippen LogP contribution in [0, 0.1) is 0 Å². The van der Waals surface area contributed by atoms with E-state index >= 15 is 0 Å². The highest BCUT2D eigenvalue weighted by Crippen LogP contribution is 2.36. The molecule has 3 rings (SSSR count). The largest absolute Gasteiger partial charge is 0.515 e. The van der Waals surface area contributed by atoms with E-state index in [0.29, 0.717) is 13.1 Å². The lowest BCUT2D eigenvalue weighted by Crippen LogP contribution is -2.50. The van der Waals surface area contributed by atoms with E-state index < -0.39 is 12.7 Å². The number of aromatic nitrogens is 1. The highest BCUT2D eigenvalue weighted by Gasteiger charge is 2.52. The van der Waals surface area contributed by atoms with Gasteiger partial charge in [-0.3, -0.25) is 0 Å². The van der Waals surface area contributed by atoms with Gasteiger partial charge in [-0.1, -0.05) is 0 Å². The van der Waals surface area contributed by atoms with Crippen LogP contribution >= 0.6 is 11.3 Å². The minimum atomic E-state index is -0.471. The summed E-state index contributed by atoms with van der Waals surface area (Å²) in [6.07, 6.45) is -0.251. The van der Waals surface area contributed by atoms with E-state index in [4.69, 9.17) is 19.0 Å². The molecule has 0 atom stereocenters. The first-order valence-corrected chi connectivity index (χ1v) is 10.3. The van der Waals surface area contributed by atoms with Crippen molar-refractivity contribution in [3.05, 3.63) is 5.38 Å². The minimum Gasteiger partial charge on any atom is -0.444 e. The number of rotatable bonds is 2. The number of anilines is 1. The van der Waals surface area contributed by atoms with Crippen LogP contribution in [0.1, 0.15) is 48.5 Å². The van der Waals surface area contributed by atoms with Gasteiger partial charge < -0.3 is 23.8 Å². The minimum absolute atomic E-state index is 0.251. The van der Waals surface area contributed by atoms with E-state index in [0.717, 1.165) is 23.8 Å². The van der Waals surface area contributed by atoms with Crippen LogP contribution in [0.25, 0.3) is 0 Å². The molecule has 1 amide bonds. The molecule has 150 valence electrons. The van der Waals surface area contributed by atoms with Crippen LogP contribution in [0.4, 0.5) is 9.93 Å². The number of amides is 1. The monoisotopic (exact) mass is 395 g/mol. The Morgan fingerprint density at radius 1 is 1.15 bits per heavy atom. The van der Waals surface area contributed by atoms with Crippen molar-refractivity contribution >= 4 is 35.3 Å². The summed E-state index contributed by atoms with van der Waals surface area (Å²) in [5.41, 5.74) is -0.411. The van der Waals surface area contributed by atoms with Gasteiger partial charge in [-0.2, -0.15) is 0 Å². The summed E-state index contributed by atoms with van der Waals surface area (Å²) in [5, 5.41) is 2.93. The third-order valence-corrected chi connectivity index (χ3v) is 6.13. The van der Waals surface area contributed by atoms with Crippen molar-refractivity contribution in [1.29, 1.82) is 0 Å². The molecule has 0 saturated carbocycles. The number of hydrogen-bond acceptors (Lipinski definition) is 7. The molecule has 3 heterocycles. The first-order chi connectivity index (χ1) is 12.4. The van der Waals surface area contributed by atoms with Gasteiger partial charge in [-0.15, -0.1) is 11.3 Å². The first-order valence-electron chi connectivity index (χ1n) is 9.42. The fraction of sp³-hybridized carbons (Fsp3) is 0.778. The molecule has 27 heavy (non-hydrogen) atoms. The molecule has 2 aliphatic heterocycles. The second kappa shape index (κ2) is 6.94. The van der Waals surface area contributed by atoms with E-state index in [9.17, 15) is 4.79 Å². The lowest BCUT2D eigenvalue weighted by atomic mass is 9.86. The smallest absolute Gasteiger partial charge is 0.444 e. The number of carbonyl (C=O) groups is 1. The normalized spacial score (nSPS) is 22.3. The third-order valence-electron chi connectivity index (χ3n) is 5.21. The second-order valence-corrected chi connectivity index (χ2v) is 9.93. The maximum Gasteiger partial charge on any atom is 0.515 e. The van der Waals surface area contributed by atoms with Gasteiger partial charge in [0.05, 0.1) is 16.8 Å². The van der Waals surface area contributed by atoms with Crippen LogP contribution in [0.2, 0.25) is 0 Å². The molecule has 0 spiro atoms. The number of carbonyl (C=O) groups excluding carboxylic acids is 1. The molecule has 7 nitrogen and oxygen atoms in total. The predicted octanol–water partition coefficient (Wildman–Crippen LogP) is 2.50. The molecule has 9 heteroatoms. The maximum atomic E-state index is 12.2. The van der Waals surface area contributed by atoms with Gasteiger partial charge in [-0.25, -0.2) is 9.78 Å². The van der Waals surface area contributed by atoms with Crippen LogP contribution < -0.4 is 10.5 Å². The van der Waals surface area contributed by atoms with Gasteiger partial charge in [0.15, 0.2) is 5.13 Å². The summed E-state index contributed by atoms with van der Waals surface area (Å²) in [6, 6.07) is 0. The topological polar surface area (TPSA) is 64.1 Å². The molecule has 1 aromatic rings. The maximum absolute atomic E-state index is 12.2. The predicted molar refractivity (Wildman–Crippen MR) is 108 cm³/mol. The Labute approximate surface area is 166 Å². The summed E-state index contributed by atoms with van der Waals surface area (Å²) in [4.78, 5) is 20.9. The fourth-order valence-electron chi connectivity index (χ4n) is 2.90. The molecule has 0 unspecified atom stereocenters. The van der Waals surface area contributed by atoms with Gasteiger partial charge in [0.2, 0.25) is 0 Å². The van der Waals surface area contributed by atoms with Crippen molar-refractivity contribution in [1.82, 2.24) is 9.88 Å². The number of thiazole rings is 1. The Balaban J connectivity index is 1.58. The molecule has 0 N–H and O–H groups in total. The van der Waals surface area contributed by atoms with Crippen molar-refractivity contribution in [3.63, 3.8) is 0 Å². The summed E-state index contributed by atoms with van der Waals surface area (Å²) < 4.78 is 17.6. The van der Waals surface area contributed by atoms with Gasteiger partial charge in [0.1, 0.15) is 5.60 Å². The van der Waals surface area contributed by atoms with Crippen molar-refractivity contribution in [2.24, 2.45) is 0 Å². The van der Waals surface area contributed by atoms with E-state index in [1.807, 2.05) is 53.8 Å². The number of ether oxygens (including phenoxy) is 1. The van der Waals surface area contributed by atoms with Crippen molar-refractivity contribution in [2.45, 2.75) is 65.3 Å². The zero-order chi connectivity index (χ0) is 20.0. The van der Waals surface area contributed by atoms with Crippen LogP contribution in [-0.4, -0.2) is 66.1 Å². The van der Waals surface area contributed by atoms with Gasteiger partial charge in [0.25, 0.3) is 0 Å². The highest BCUT2D eigenvalue weighted by atomic mass is 32.1. The summed E-state index contributed by atoms with van der Waals surface area (Å²) in [6.45, 7) is 16.5. The molecule has 2 aliphatic rings. The molecule has 0 radical (unpaired) electrons. The Bertz CT molecular complexity index is 677. The lowest BCUT2D eigenvalue weighted by Gasteiger charge is -2.35. The van der Waals surface area contributed by atoms with Crippen LogP contribution in [0.3, 0.4) is 0 Å². The molecule has 1 aromatic heterocycles. The van der Waals surface area contributed by atoms with Crippen LogP contribution in [-0.2, 0) is 14.0 Å². The first kappa shape index (κ1) is 20.4. The number of hydrogen-bond donors (Lipinski definition) is 0. The van der Waals surface area contributed by atoms with Crippen molar-refractivity contribution in [3.8, 4) is 0 Å². The number of piperazine rings is 1.